The van der Waals surface area contributed by atoms with Gasteiger partial charge in [0.2, 0.25) is 5.91 Å². The minimum absolute atomic E-state index is 0.0942. The van der Waals surface area contributed by atoms with Gasteiger partial charge in [-0.2, -0.15) is 0 Å². The Morgan fingerprint density at radius 3 is 2.40 bits per heavy atom. The van der Waals surface area contributed by atoms with Gasteiger partial charge < -0.3 is 15.5 Å². The fraction of sp³-hybridized carbons (Fsp3) is 0.263. The zero-order valence-electron chi connectivity index (χ0n) is 14.2. The van der Waals surface area contributed by atoms with Crippen molar-refractivity contribution in [3.8, 4) is 0 Å². The predicted molar refractivity (Wildman–Crippen MR) is 95.2 cm³/mol. The molecular formula is C19H20FN3O2. The number of aryl methyl sites for hydroxylation is 2. The average Bonchev–Trinajstić information content (AvgIpc) is 2.87. The molecule has 1 atom stereocenters. The van der Waals surface area contributed by atoms with Gasteiger partial charge in [0.25, 0.3) is 0 Å². The van der Waals surface area contributed by atoms with E-state index in [1.54, 1.807) is 17.0 Å². The van der Waals surface area contributed by atoms with Crippen LogP contribution in [0.5, 0.6) is 0 Å². The van der Waals surface area contributed by atoms with Crippen molar-refractivity contribution in [1.82, 2.24) is 5.32 Å². The van der Waals surface area contributed by atoms with E-state index < -0.39 is 0 Å². The Kier molecular flexibility index (Phi) is 4.70. The summed E-state index contributed by atoms with van der Waals surface area (Å²) in [4.78, 5) is 25.9. The Balaban J connectivity index is 1.61. The summed E-state index contributed by atoms with van der Waals surface area (Å²) < 4.78 is 13.0. The molecule has 1 saturated heterocycles. The summed E-state index contributed by atoms with van der Waals surface area (Å²) >= 11 is 0. The van der Waals surface area contributed by atoms with E-state index >= 15 is 0 Å². The average molecular weight is 341 g/mol. The largest absolute Gasteiger partial charge is 0.333 e. The third-order valence-corrected chi connectivity index (χ3v) is 4.08. The van der Waals surface area contributed by atoms with Crippen molar-refractivity contribution >= 4 is 23.3 Å². The first-order chi connectivity index (χ1) is 11.9. The van der Waals surface area contributed by atoms with Crippen LogP contribution in [0.3, 0.4) is 0 Å². The van der Waals surface area contributed by atoms with Crippen molar-refractivity contribution in [3.05, 3.63) is 59.4 Å². The molecule has 1 unspecified atom stereocenters. The standard InChI is InChI=1S/C19H20FN3O2/c1-12-7-13(2)9-15(8-12)21-19(25)22-16-10-18(24)23(11-16)17-5-3-14(20)4-6-17/h3-9,16H,10-11H2,1-2H3,(H2,21,22,25). The van der Waals surface area contributed by atoms with Crippen molar-refractivity contribution in [1.29, 1.82) is 0 Å². The lowest BCUT2D eigenvalue weighted by Gasteiger charge is -2.17. The third kappa shape index (κ3) is 4.15. The van der Waals surface area contributed by atoms with E-state index in [1.165, 1.54) is 12.1 Å². The number of nitrogens with one attached hydrogen (secondary N) is 2. The van der Waals surface area contributed by atoms with Gasteiger partial charge in [0.05, 0.1) is 6.04 Å². The van der Waals surface area contributed by atoms with Crippen LogP contribution in [-0.4, -0.2) is 24.5 Å². The molecule has 1 heterocycles. The molecule has 0 bridgehead atoms. The van der Waals surface area contributed by atoms with Crippen molar-refractivity contribution in [3.63, 3.8) is 0 Å². The molecule has 1 aliphatic rings. The van der Waals surface area contributed by atoms with Crippen molar-refractivity contribution in [2.24, 2.45) is 0 Å². The van der Waals surface area contributed by atoms with Gasteiger partial charge in [-0.15, -0.1) is 0 Å². The molecular weight excluding hydrogens is 321 g/mol. The van der Waals surface area contributed by atoms with Gasteiger partial charge >= 0.3 is 6.03 Å². The van der Waals surface area contributed by atoms with Crippen LogP contribution in [0, 0.1) is 19.7 Å². The van der Waals surface area contributed by atoms with Gasteiger partial charge in [-0.25, -0.2) is 9.18 Å². The fourth-order valence-corrected chi connectivity index (χ4v) is 3.07. The second-order valence-electron chi connectivity index (χ2n) is 6.36. The molecule has 1 fully saturated rings. The number of carbonyl (C=O) groups excluding carboxylic acids is 2. The van der Waals surface area contributed by atoms with E-state index in [0.29, 0.717) is 12.2 Å². The summed E-state index contributed by atoms with van der Waals surface area (Å²) in [5.74, 6) is -0.443. The minimum atomic E-state index is -0.349. The quantitative estimate of drug-likeness (QED) is 0.899. The number of carbonyl (C=O) groups is 2. The summed E-state index contributed by atoms with van der Waals surface area (Å²) in [6.07, 6.45) is 0.220. The van der Waals surface area contributed by atoms with Gasteiger partial charge in [0, 0.05) is 24.3 Å². The number of nitrogens with zero attached hydrogens (tertiary/aromatic N) is 1. The molecule has 0 aliphatic carbocycles. The van der Waals surface area contributed by atoms with Crippen LogP contribution in [0.15, 0.2) is 42.5 Å². The number of rotatable bonds is 3. The van der Waals surface area contributed by atoms with E-state index in [2.05, 4.69) is 10.6 Å². The molecule has 2 aromatic carbocycles. The number of hydrogen-bond acceptors (Lipinski definition) is 2. The second kappa shape index (κ2) is 6.93. The SMILES string of the molecule is Cc1cc(C)cc(NC(=O)NC2CC(=O)N(c3ccc(F)cc3)C2)c1. The first kappa shape index (κ1) is 17.0. The molecule has 0 spiro atoms. The second-order valence-corrected chi connectivity index (χ2v) is 6.36. The molecule has 130 valence electrons. The zero-order valence-corrected chi connectivity index (χ0v) is 14.2. The van der Waals surface area contributed by atoms with Crippen LogP contribution < -0.4 is 15.5 Å². The summed E-state index contributed by atoms with van der Waals surface area (Å²) in [6.45, 7) is 4.29. The van der Waals surface area contributed by atoms with Gasteiger partial charge in [-0.3, -0.25) is 4.79 Å². The molecule has 3 amide bonds. The number of benzene rings is 2. The molecule has 0 saturated carbocycles. The normalized spacial score (nSPS) is 16.8. The number of amides is 3. The maximum absolute atomic E-state index is 13.0. The summed E-state index contributed by atoms with van der Waals surface area (Å²) in [5.41, 5.74) is 3.47. The summed E-state index contributed by atoms with van der Waals surface area (Å²) in [6, 6.07) is 10.9. The maximum Gasteiger partial charge on any atom is 0.319 e. The highest BCUT2D eigenvalue weighted by atomic mass is 19.1. The fourth-order valence-electron chi connectivity index (χ4n) is 3.07. The highest BCUT2D eigenvalue weighted by Gasteiger charge is 2.31. The molecule has 2 aromatic rings. The number of hydrogen-bond donors (Lipinski definition) is 2. The van der Waals surface area contributed by atoms with Crippen LogP contribution in [0.25, 0.3) is 0 Å². The molecule has 6 heteroatoms. The lowest BCUT2D eigenvalue weighted by Crippen LogP contribution is -2.39. The Labute approximate surface area is 145 Å². The Morgan fingerprint density at radius 1 is 1.12 bits per heavy atom. The predicted octanol–water partition coefficient (Wildman–Crippen LogP) is 3.37. The maximum atomic E-state index is 13.0. The molecule has 3 rings (SSSR count). The number of anilines is 2. The highest BCUT2D eigenvalue weighted by molar-refractivity contribution is 5.97. The highest BCUT2D eigenvalue weighted by Crippen LogP contribution is 2.22. The lowest BCUT2D eigenvalue weighted by atomic mass is 10.1. The molecule has 0 aromatic heterocycles. The van der Waals surface area contributed by atoms with E-state index in [4.69, 9.17) is 0 Å². The van der Waals surface area contributed by atoms with Crippen LogP contribution in [0.1, 0.15) is 17.5 Å². The number of urea groups is 1. The van der Waals surface area contributed by atoms with Crippen molar-refractivity contribution < 1.29 is 14.0 Å². The van der Waals surface area contributed by atoms with Gasteiger partial charge in [-0.05, 0) is 61.4 Å². The van der Waals surface area contributed by atoms with Crippen LogP contribution >= 0.6 is 0 Å². The van der Waals surface area contributed by atoms with E-state index in [0.717, 1.165) is 16.8 Å². The minimum Gasteiger partial charge on any atom is -0.333 e. The number of halogens is 1. The zero-order chi connectivity index (χ0) is 18.0. The topological polar surface area (TPSA) is 61.4 Å². The summed E-state index contributed by atoms with van der Waals surface area (Å²) in [7, 11) is 0. The Morgan fingerprint density at radius 2 is 1.76 bits per heavy atom. The Bertz CT molecular complexity index is 785. The molecule has 1 aliphatic heterocycles. The molecule has 0 radical (unpaired) electrons. The lowest BCUT2D eigenvalue weighted by molar-refractivity contribution is -0.117. The molecule has 2 N–H and O–H groups in total. The van der Waals surface area contributed by atoms with Gasteiger partial charge in [0.15, 0.2) is 0 Å². The molecule has 25 heavy (non-hydrogen) atoms. The smallest absolute Gasteiger partial charge is 0.319 e. The van der Waals surface area contributed by atoms with Crippen LogP contribution in [0.2, 0.25) is 0 Å². The van der Waals surface area contributed by atoms with Crippen LogP contribution in [-0.2, 0) is 4.79 Å². The van der Waals surface area contributed by atoms with E-state index in [1.807, 2.05) is 32.0 Å². The Hall–Kier alpha value is -2.89. The summed E-state index contributed by atoms with van der Waals surface area (Å²) in [5, 5.41) is 5.62. The molecule has 5 nitrogen and oxygen atoms in total. The van der Waals surface area contributed by atoms with Gasteiger partial charge in [0.1, 0.15) is 5.82 Å². The van der Waals surface area contributed by atoms with Crippen molar-refractivity contribution in [2.75, 3.05) is 16.8 Å². The van der Waals surface area contributed by atoms with Gasteiger partial charge in [-0.1, -0.05) is 6.07 Å². The first-order valence-electron chi connectivity index (χ1n) is 8.12. The van der Waals surface area contributed by atoms with E-state index in [-0.39, 0.29) is 30.2 Å². The monoisotopic (exact) mass is 341 g/mol. The first-order valence-corrected chi connectivity index (χ1v) is 8.12. The van der Waals surface area contributed by atoms with Crippen molar-refractivity contribution in [2.45, 2.75) is 26.3 Å². The van der Waals surface area contributed by atoms with E-state index in [9.17, 15) is 14.0 Å². The third-order valence-electron chi connectivity index (χ3n) is 4.08. The van der Waals surface area contributed by atoms with Crippen LogP contribution in [0.4, 0.5) is 20.6 Å².